The number of amides is 1. The van der Waals surface area contributed by atoms with Crippen LogP contribution >= 0.6 is 0 Å². The molecule has 0 atom stereocenters. The van der Waals surface area contributed by atoms with Gasteiger partial charge in [-0.25, -0.2) is 0 Å². The highest BCUT2D eigenvalue weighted by Crippen LogP contribution is 2.34. The van der Waals surface area contributed by atoms with Crippen LogP contribution in [0.1, 0.15) is 18.1 Å². The summed E-state index contributed by atoms with van der Waals surface area (Å²) in [6.07, 6.45) is 4.39. The van der Waals surface area contributed by atoms with Crippen LogP contribution in [-0.2, 0) is 17.8 Å². The first-order valence-corrected chi connectivity index (χ1v) is 9.62. The molecule has 4 rings (SSSR count). The van der Waals surface area contributed by atoms with Crippen molar-refractivity contribution in [1.29, 1.82) is 0 Å². The zero-order valence-electron chi connectivity index (χ0n) is 16.0. The third-order valence-corrected chi connectivity index (χ3v) is 4.94. The summed E-state index contributed by atoms with van der Waals surface area (Å²) < 4.78 is 13.5. The minimum absolute atomic E-state index is 0.102. The lowest BCUT2D eigenvalue weighted by Gasteiger charge is -2.25. The van der Waals surface area contributed by atoms with Crippen LogP contribution in [0, 0.1) is 0 Å². The van der Waals surface area contributed by atoms with Gasteiger partial charge in [0.25, 0.3) is 0 Å². The monoisotopic (exact) mass is 376 g/mol. The number of rotatable bonds is 6. The summed E-state index contributed by atoms with van der Waals surface area (Å²) in [6.45, 7) is 4.26. The third kappa shape index (κ3) is 3.88. The van der Waals surface area contributed by atoms with Gasteiger partial charge >= 0.3 is 0 Å². The van der Waals surface area contributed by atoms with E-state index in [2.05, 4.69) is 0 Å². The van der Waals surface area contributed by atoms with E-state index >= 15 is 0 Å². The smallest absolute Gasteiger partial charge is 0.227 e. The zero-order valence-corrected chi connectivity index (χ0v) is 16.0. The molecule has 5 heteroatoms. The highest BCUT2D eigenvalue weighted by Gasteiger charge is 2.19. The van der Waals surface area contributed by atoms with Crippen molar-refractivity contribution in [2.45, 2.75) is 19.9 Å². The van der Waals surface area contributed by atoms with Crippen LogP contribution in [0.15, 0.2) is 67.0 Å². The van der Waals surface area contributed by atoms with Crippen LogP contribution in [0.5, 0.6) is 11.5 Å². The number of hydrogen-bond donors (Lipinski definition) is 0. The molecule has 1 amide bonds. The van der Waals surface area contributed by atoms with Crippen molar-refractivity contribution in [1.82, 2.24) is 9.47 Å². The van der Waals surface area contributed by atoms with E-state index < -0.39 is 0 Å². The zero-order chi connectivity index (χ0) is 19.3. The second-order valence-electron chi connectivity index (χ2n) is 6.78. The molecule has 0 bridgehead atoms. The third-order valence-electron chi connectivity index (χ3n) is 4.94. The van der Waals surface area contributed by atoms with Gasteiger partial charge in [-0.15, -0.1) is 0 Å². The maximum Gasteiger partial charge on any atom is 0.227 e. The van der Waals surface area contributed by atoms with Crippen LogP contribution < -0.4 is 9.47 Å². The van der Waals surface area contributed by atoms with E-state index in [1.165, 1.54) is 0 Å². The Hall–Kier alpha value is -3.21. The van der Waals surface area contributed by atoms with Gasteiger partial charge in [-0.05, 0) is 42.8 Å². The number of ether oxygens (including phenoxy) is 2. The van der Waals surface area contributed by atoms with Crippen molar-refractivity contribution in [2.75, 3.05) is 19.8 Å². The Bertz CT molecular complexity index is 933. The van der Waals surface area contributed by atoms with Crippen LogP contribution in [0.4, 0.5) is 0 Å². The molecule has 3 aromatic rings. The Morgan fingerprint density at radius 2 is 1.75 bits per heavy atom. The molecule has 0 N–H and O–H groups in total. The van der Waals surface area contributed by atoms with Crippen LogP contribution in [0.25, 0.3) is 5.69 Å². The summed E-state index contributed by atoms with van der Waals surface area (Å²) in [5.74, 6) is 1.62. The maximum absolute atomic E-state index is 12.9. The summed E-state index contributed by atoms with van der Waals surface area (Å²) in [5, 5.41) is 0. The number of carbonyl (C=O) groups is 1. The molecule has 0 saturated carbocycles. The number of nitrogens with zero attached hydrogens (tertiary/aromatic N) is 2. The minimum Gasteiger partial charge on any atom is -0.486 e. The summed E-state index contributed by atoms with van der Waals surface area (Å²) in [5.41, 5.74) is 3.07. The van der Waals surface area contributed by atoms with Crippen LogP contribution in [0.3, 0.4) is 0 Å². The molecular formula is C23H24N2O3. The van der Waals surface area contributed by atoms with Gasteiger partial charge < -0.3 is 18.9 Å². The number of aromatic nitrogens is 1. The van der Waals surface area contributed by atoms with E-state index in [1.54, 1.807) is 0 Å². The average molecular weight is 376 g/mol. The van der Waals surface area contributed by atoms with E-state index in [4.69, 9.17) is 9.47 Å². The molecule has 0 aliphatic carbocycles. The lowest BCUT2D eigenvalue weighted by molar-refractivity contribution is -0.130. The van der Waals surface area contributed by atoms with E-state index in [0.717, 1.165) is 28.3 Å². The predicted molar refractivity (Wildman–Crippen MR) is 108 cm³/mol. The Morgan fingerprint density at radius 3 is 2.50 bits per heavy atom. The number of benzene rings is 2. The van der Waals surface area contributed by atoms with Crippen molar-refractivity contribution >= 4 is 5.91 Å². The molecule has 1 aromatic heterocycles. The SMILES string of the molecule is CCN(Cc1cccc2c1OCCO2)C(=O)Cc1ccc(-n2cccc2)cc1. The highest BCUT2D eigenvalue weighted by atomic mass is 16.6. The van der Waals surface area contributed by atoms with Gasteiger partial charge in [0.05, 0.1) is 6.42 Å². The van der Waals surface area contributed by atoms with Crippen LogP contribution in [-0.4, -0.2) is 35.1 Å². The lowest BCUT2D eigenvalue weighted by Crippen LogP contribution is -2.32. The number of para-hydroxylation sites is 1. The first-order chi connectivity index (χ1) is 13.7. The number of fused-ring (bicyclic) bond motifs is 1. The highest BCUT2D eigenvalue weighted by molar-refractivity contribution is 5.79. The van der Waals surface area contributed by atoms with Crippen molar-refractivity contribution < 1.29 is 14.3 Å². The first-order valence-electron chi connectivity index (χ1n) is 9.62. The molecule has 0 saturated heterocycles. The first kappa shape index (κ1) is 18.2. The minimum atomic E-state index is 0.102. The quantitative estimate of drug-likeness (QED) is 0.657. The largest absolute Gasteiger partial charge is 0.486 e. The van der Waals surface area contributed by atoms with E-state index in [0.29, 0.717) is 32.7 Å². The van der Waals surface area contributed by atoms with E-state index in [-0.39, 0.29) is 5.91 Å². The molecular weight excluding hydrogens is 352 g/mol. The van der Waals surface area contributed by atoms with Gasteiger partial charge in [0.15, 0.2) is 11.5 Å². The molecule has 0 unspecified atom stereocenters. The molecule has 1 aliphatic heterocycles. The number of hydrogen-bond acceptors (Lipinski definition) is 3. The van der Waals surface area contributed by atoms with Crippen molar-refractivity contribution in [3.05, 3.63) is 78.1 Å². The summed E-state index contributed by atoms with van der Waals surface area (Å²) >= 11 is 0. The standard InChI is InChI=1S/C23H24N2O3/c1-2-24(17-19-6-5-7-21-23(19)28-15-14-27-21)22(26)16-18-8-10-20(11-9-18)25-12-3-4-13-25/h3-13H,2,14-17H2,1H3. The fourth-order valence-corrected chi connectivity index (χ4v) is 3.42. The fraction of sp³-hybridized carbons (Fsp3) is 0.261. The molecule has 2 aromatic carbocycles. The molecule has 0 spiro atoms. The fourth-order valence-electron chi connectivity index (χ4n) is 3.42. The number of likely N-dealkylation sites (N-methyl/N-ethyl adjacent to an activating group) is 1. The van der Waals surface area contributed by atoms with Crippen molar-refractivity contribution in [3.8, 4) is 17.2 Å². The van der Waals surface area contributed by atoms with Crippen LogP contribution in [0.2, 0.25) is 0 Å². The van der Waals surface area contributed by atoms with Gasteiger partial charge in [0, 0.05) is 36.7 Å². The summed E-state index contributed by atoms with van der Waals surface area (Å²) in [7, 11) is 0. The van der Waals surface area contributed by atoms with Gasteiger partial charge in [0.1, 0.15) is 13.2 Å². The molecule has 2 heterocycles. The second kappa shape index (κ2) is 8.21. The van der Waals surface area contributed by atoms with Gasteiger partial charge in [-0.3, -0.25) is 4.79 Å². The molecule has 28 heavy (non-hydrogen) atoms. The maximum atomic E-state index is 12.9. The Morgan fingerprint density at radius 1 is 1.00 bits per heavy atom. The second-order valence-corrected chi connectivity index (χ2v) is 6.78. The van der Waals surface area contributed by atoms with Gasteiger partial charge in [-0.1, -0.05) is 24.3 Å². The average Bonchev–Trinajstić information content (AvgIpc) is 3.27. The Balaban J connectivity index is 1.44. The van der Waals surface area contributed by atoms with Crippen molar-refractivity contribution in [3.63, 3.8) is 0 Å². The summed E-state index contributed by atoms with van der Waals surface area (Å²) in [6, 6.07) is 17.9. The van der Waals surface area contributed by atoms with Crippen molar-refractivity contribution in [2.24, 2.45) is 0 Å². The van der Waals surface area contributed by atoms with Gasteiger partial charge in [-0.2, -0.15) is 0 Å². The predicted octanol–water partition coefficient (Wildman–Crippen LogP) is 3.84. The molecule has 0 fully saturated rings. The summed E-state index contributed by atoms with van der Waals surface area (Å²) in [4.78, 5) is 14.7. The Labute approximate surface area is 165 Å². The molecule has 1 aliphatic rings. The topological polar surface area (TPSA) is 43.7 Å². The normalized spacial score (nSPS) is 12.6. The van der Waals surface area contributed by atoms with Gasteiger partial charge in [0.2, 0.25) is 5.91 Å². The van der Waals surface area contributed by atoms with E-state index in [9.17, 15) is 4.79 Å². The Kier molecular flexibility index (Phi) is 5.33. The lowest BCUT2D eigenvalue weighted by atomic mass is 10.1. The van der Waals surface area contributed by atoms with E-state index in [1.807, 2.05) is 83.4 Å². The molecule has 0 radical (unpaired) electrons. The molecule has 5 nitrogen and oxygen atoms in total. The number of carbonyl (C=O) groups excluding carboxylic acids is 1. The molecule has 144 valence electrons.